The van der Waals surface area contributed by atoms with Crippen molar-refractivity contribution in [3.63, 3.8) is 0 Å². The molecule has 0 aromatic rings. The molecule has 0 saturated carbocycles. The van der Waals surface area contributed by atoms with Crippen molar-refractivity contribution in [2.24, 2.45) is 4.99 Å². The summed E-state index contributed by atoms with van der Waals surface area (Å²) in [6.07, 6.45) is 5.81. The van der Waals surface area contributed by atoms with Gasteiger partial charge < -0.3 is 20.9 Å². The third-order valence-corrected chi connectivity index (χ3v) is 7.09. The standard InChI is InChI=1S/C18H35N5O3S/c1-15-6-3-4-11-23(15)12-5-9-20-18(19-2)21-10-7-17(24)22-16-8-13-27(25,26)14-16/h15-16H,3-14H2,1-2H3,(H,22,24)(H2,19,20,21). The highest BCUT2D eigenvalue weighted by Crippen LogP contribution is 2.16. The van der Waals surface area contributed by atoms with Gasteiger partial charge in [0, 0.05) is 45.2 Å². The van der Waals surface area contributed by atoms with Gasteiger partial charge in [-0.2, -0.15) is 0 Å². The Morgan fingerprint density at radius 2 is 1.96 bits per heavy atom. The van der Waals surface area contributed by atoms with Crippen LogP contribution >= 0.6 is 0 Å². The number of aliphatic imine (C=N–C) groups is 1. The van der Waals surface area contributed by atoms with Gasteiger partial charge in [0.25, 0.3) is 0 Å². The van der Waals surface area contributed by atoms with Crippen molar-refractivity contribution in [2.45, 2.75) is 57.5 Å². The van der Waals surface area contributed by atoms with E-state index in [-0.39, 0.29) is 23.5 Å². The Morgan fingerprint density at radius 1 is 1.19 bits per heavy atom. The summed E-state index contributed by atoms with van der Waals surface area (Å²) in [5.41, 5.74) is 0. The summed E-state index contributed by atoms with van der Waals surface area (Å²) in [5.74, 6) is 0.797. The third-order valence-electron chi connectivity index (χ3n) is 5.32. The molecular formula is C18H35N5O3S. The molecule has 0 bridgehead atoms. The molecule has 1 amide bonds. The molecule has 2 aliphatic rings. The van der Waals surface area contributed by atoms with Crippen LogP contribution in [-0.4, -0.2) is 82.0 Å². The normalized spacial score (nSPS) is 25.9. The van der Waals surface area contributed by atoms with Crippen LogP contribution in [0.4, 0.5) is 0 Å². The maximum absolute atomic E-state index is 11.9. The second-order valence-electron chi connectivity index (χ2n) is 7.58. The van der Waals surface area contributed by atoms with E-state index in [1.807, 2.05) is 0 Å². The number of carbonyl (C=O) groups is 1. The van der Waals surface area contributed by atoms with E-state index in [9.17, 15) is 13.2 Å². The maximum Gasteiger partial charge on any atom is 0.222 e. The number of piperidine rings is 1. The quantitative estimate of drug-likeness (QED) is 0.303. The molecule has 0 aromatic heterocycles. The van der Waals surface area contributed by atoms with Gasteiger partial charge in [-0.25, -0.2) is 8.42 Å². The number of hydrogen-bond donors (Lipinski definition) is 3. The predicted molar refractivity (Wildman–Crippen MR) is 109 cm³/mol. The van der Waals surface area contributed by atoms with Crippen molar-refractivity contribution in [1.82, 2.24) is 20.9 Å². The Kier molecular flexibility index (Phi) is 8.82. The molecular weight excluding hydrogens is 366 g/mol. The van der Waals surface area contributed by atoms with Crippen molar-refractivity contribution in [1.29, 1.82) is 0 Å². The Labute approximate surface area is 163 Å². The summed E-state index contributed by atoms with van der Waals surface area (Å²) in [4.78, 5) is 18.7. The molecule has 2 heterocycles. The van der Waals surface area contributed by atoms with Crippen LogP contribution in [0, 0.1) is 0 Å². The minimum Gasteiger partial charge on any atom is -0.356 e. The van der Waals surface area contributed by atoms with Crippen LogP contribution < -0.4 is 16.0 Å². The van der Waals surface area contributed by atoms with E-state index >= 15 is 0 Å². The largest absolute Gasteiger partial charge is 0.356 e. The lowest BCUT2D eigenvalue weighted by molar-refractivity contribution is -0.121. The second kappa shape index (κ2) is 10.8. The third kappa shape index (κ3) is 8.04. The number of amides is 1. The molecule has 3 N–H and O–H groups in total. The first kappa shape index (κ1) is 21.9. The van der Waals surface area contributed by atoms with Gasteiger partial charge in [-0.3, -0.25) is 9.79 Å². The summed E-state index contributed by atoms with van der Waals surface area (Å²) in [6.45, 7) is 5.91. The van der Waals surface area contributed by atoms with E-state index in [0.717, 1.165) is 19.5 Å². The minimum atomic E-state index is -2.97. The zero-order valence-corrected chi connectivity index (χ0v) is 17.5. The molecule has 9 heteroatoms. The molecule has 2 unspecified atom stereocenters. The summed E-state index contributed by atoms with van der Waals surface area (Å²) < 4.78 is 22.8. The van der Waals surface area contributed by atoms with Crippen molar-refractivity contribution >= 4 is 21.7 Å². The SMILES string of the molecule is CN=C(NCCCN1CCCCC1C)NCCC(=O)NC1CCS(=O)(=O)C1. The molecule has 2 aliphatic heterocycles. The molecule has 8 nitrogen and oxygen atoms in total. The minimum absolute atomic E-state index is 0.0605. The Morgan fingerprint density at radius 3 is 2.63 bits per heavy atom. The molecule has 0 spiro atoms. The van der Waals surface area contributed by atoms with Gasteiger partial charge in [0.1, 0.15) is 0 Å². The summed E-state index contributed by atoms with van der Waals surface area (Å²) in [7, 11) is -1.25. The van der Waals surface area contributed by atoms with Gasteiger partial charge >= 0.3 is 0 Å². The van der Waals surface area contributed by atoms with Crippen LogP contribution in [0.2, 0.25) is 0 Å². The first-order valence-corrected chi connectivity index (χ1v) is 11.9. The van der Waals surface area contributed by atoms with Crippen LogP contribution in [0.3, 0.4) is 0 Å². The highest BCUT2D eigenvalue weighted by molar-refractivity contribution is 7.91. The van der Waals surface area contributed by atoms with Crippen LogP contribution in [-0.2, 0) is 14.6 Å². The van der Waals surface area contributed by atoms with E-state index in [2.05, 4.69) is 32.8 Å². The highest BCUT2D eigenvalue weighted by atomic mass is 32.2. The van der Waals surface area contributed by atoms with Gasteiger partial charge in [0.05, 0.1) is 11.5 Å². The number of rotatable bonds is 8. The lowest BCUT2D eigenvalue weighted by atomic mass is 10.0. The molecule has 156 valence electrons. The lowest BCUT2D eigenvalue weighted by Crippen LogP contribution is -2.42. The fourth-order valence-electron chi connectivity index (χ4n) is 3.70. The van der Waals surface area contributed by atoms with Crippen molar-refractivity contribution in [2.75, 3.05) is 44.7 Å². The van der Waals surface area contributed by atoms with Crippen molar-refractivity contribution in [3.05, 3.63) is 0 Å². The highest BCUT2D eigenvalue weighted by Gasteiger charge is 2.28. The van der Waals surface area contributed by atoms with Crippen molar-refractivity contribution < 1.29 is 13.2 Å². The van der Waals surface area contributed by atoms with Crippen LogP contribution in [0.25, 0.3) is 0 Å². The van der Waals surface area contributed by atoms with Gasteiger partial charge in [-0.15, -0.1) is 0 Å². The number of guanidine groups is 1. The second-order valence-corrected chi connectivity index (χ2v) is 9.81. The number of nitrogens with one attached hydrogen (secondary N) is 3. The number of carbonyl (C=O) groups excluding carboxylic acids is 1. The molecule has 0 aliphatic carbocycles. The molecule has 27 heavy (non-hydrogen) atoms. The first-order chi connectivity index (χ1) is 12.9. The van der Waals surface area contributed by atoms with Gasteiger partial charge in [0.2, 0.25) is 5.91 Å². The smallest absolute Gasteiger partial charge is 0.222 e. The lowest BCUT2D eigenvalue weighted by Gasteiger charge is -2.33. The molecule has 0 radical (unpaired) electrons. The monoisotopic (exact) mass is 401 g/mol. The Balaban J connectivity index is 1.55. The average Bonchev–Trinajstić information content (AvgIpc) is 2.96. The van der Waals surface area contributed by atoms with Crippen LogP contribution in [0.15, 0.2) is 4.99 Å². The van der Waals surface area contributed by atoms with Crippen molar-refractivity contribution in [3.8, 4) is 0 Å². The van der Waals surface area contributed by atoms with E-state index in [1.54, 1.807) is 7.05 Å². The Bertz CT molecular complexity index is 608. The van der Waals surface area contributed by atoms with E-state index in [0.29, 0.717) is 31.4 Å². The van der Waals surface area contributed by atoms with E-state index in [1.165, 1.54) is 25.8 Å². The maximum atomic E-state index is 11.9. The van der Waals surface area contributed by atoms with Gasteiger partial charge in [0.15, 0.2) is 15.8 Å². The molecule has 0 aromatic carbocycles. The fraction of sp³-hybridized carbons (Fsp3) is 0.889. The zero-order chi connectivity index (χ0) is 19.7. The van der Waals surface area contributed by atoms with Crippen LogP contribution in [0.1, 0.15) is 45.4 Å². The molecule has 2 fully saturated rings. The molecule has 2 rings (SSSR count). The fourth-order valence-corrected chi connectivity index (χ4v) is 5.38. The Hall–Kier alpha value is -1.35. The predicted octanol–water partition coefficient (Wildman–Crippen LogP) is 0.109. The number of likely N-dealkylation sites (tertiary alicyclic amines) is 1. The first-order valence-electron chi connectivity index (χ1n) is 10.1. The summed E-state index contributed by atoms with van der Waals surface area (Å²) in [6, 6.07) is 0.446. The topological polar surface area (TPSA) is 103 Å². The van der Waals surface area contributed by atoms with Gasteiger partial charge in [-0.1, -0.05) is 6.42 Å². The van der Waals surface area contributed by atoms with Crippen LogP contribution in [0.5, 0.6) is 0 Å². The average molecular weight is 402 g/mol. The number of hydrogen-bond acceptors (Lipinski definition) is 5. The van der Waals surface area contributed by atoms with E-state index in [4.69, 9.17) is 0 Å². The molecule has 2 atom stereocenters. The summed E-state index contributed by atoms with van der Waals surface area (Å²) in [5, 5.41) is 9.21. The zero-order valence-electron chi connectivity index (χ0n) is 16.7. The number of nitrogens with zero attached hydrogens (tertiary/aromatic N) is 2. The summed E-state index contributed by atoms with van der Waals surface area (Å²) >= 11 is 0. The van der Waals surface area contributed by atoms with E-state index < -0.39 is 9.84 Å². The molecule has 2 saturated heterocycles. The van der Waals surface area contributed by atoms with Gasteiger partial charge in [-0.05, 0) is 39.2 Å². The number of sulfone groups is 1.